The van der Waals surface area contributed by atoms with Crippen molar-refractivity contribution in [1.29, 1.82) is 0 Å². The molecule has 0 saturated carbocycles. The second-order valence-electron chi connectivity index (χ2n) is 6.22. The van der Waals surface area contributed by atoms with Crippen molar-refractivity contribution in [3.63, 3.8) is 0 Å². The van der Waals surface area contributed by atoms with Gasteiger partial charge in [0.2, 0.25) is 5.91 Å². The Morgan fingerprint density at radius 3 is 2.80 bits per heavy atom. The first-order valence-corrected chi connectivity index (χ1v) is 8.54. The van der Waals surface area contributed by atoms with Gasteiger partial charge in [-0.1, -0.05) is 24.3 Å². The van der Waals surface area contributed by atoms with Gasteiger partial charge in [-0.3, -0.25) is 4.79 Å². The zero-order chi connectivity index (χ0) is 17.6. The lowest BCUT2D eigenvalue weighted by Gasteiger charge is -2.26. The van der Waals surface area contributed by atoms with Crippen LogP contribution in [0.3, 0.4) is 0 Å². The van der Waals surface area contributed by atoms with Crippen LogP contribution >= 0.6 is 0 Å². The molecular weight excluding hydrogens is 318 g/mol. The highest BCUT2D eigenvalue weighted by atomic mass is 16.3. The number of nitrogens with one attached hydrogen (secondary N) is 2. The molecule has 132 valence electrons. The molecule has 1 aliphatic heterocycles. The maximum atomic E-state index is 12.5. The van der Waals surface area contributed by atoms with Crippen molar-refractivity contribution in [1.82, 2.24) is 15.5 Å². The second-order valence-corrected chi connectivity index (χ2v) is 6.22. The summed E-state index contributed by atoms with van der Waals surface area (Å²) < 4.78 is 5.15. The molecule has 0 unspecified atom stereocenters. The highest BCUT2D eigenvalue weighted by Gasteiger charge is 2.30. The van der Waals surface area contributed by atoms with Crippen LogP contribution in [0.25, 0.3) is 0 Å². The van der Waals surface area contributed by atoms with Crippen LogP contribution in [0.4, 0.5) is 4.79 Å². The number of benzene rings is 1. The normalized spacial score (nSPS) is 16.7. The molecule has 2 aromatic rings. The molecule has 1 aromatic heterocycles. The molecule has 0 bridgehead atoms. The quantitative estimate of drug-likeness (QED) is 0.878. The summed E-state index contributed by atoms with van der Waals surface area (Å²) in [4.78, 5) is 26.2. The summed E-state index contributed by atoms with van der Waals surface area (Å²) in [6.45, 7) is 3.04. The highest BCUT2D eigenvalue weighted by molar-refractivity contribution is 5.84. The van der Waals surface area contributed by atoms with Gasteiger partial charge in [-0.25, -0.2) is 4.79 Å². The molecule has 1 saturated heterocycles. The predicted octanol–water partition coefficient (Wildman–Crippen LogP) is 2.75. The first-order chi connectivity index (χ1) is 12.1. The SMILES string of the molecule is Cc1ccccc1[C@H]1CCCN1C(=O)NCC(=O)NCc1ccco1. The molecule has 2 heterocycles. The van der Waals surface area contributed by atoms with Gasteiger partial charge in [0, 0.05) is 6.54 Å². The summed E-state index contributed by atoms with van der Waals surface area (Å²) in [5, 5.41) is 5.44. The number of carbonyl (C=O) groups excluding carboxylic acids is 2. The lowest BCUT2D eigenvalue weighted by atomic mass is 9.99. The summed E-state index contributed by atoms with van der Waals surface area (Å²) in [7, 11) is 0. The number of furan rings is 1. The van der Waals surface area contributed by atoms with Gasteiger partial charge in [0.15, 0.2) is 0 Å². The molecule has 1 aliphatic rings. The van der Waals surface area contributed by atoms with Crippen molar-refractivity contribution in [3.8, 4) is 0 Å². The molecule has 6 heteroatoms. The van der Waals surface area contributed by atoms with Crippen molar-refractivity contribution in [2.75, 3.05) is 13.1 Å². The number of aryl methyl sites for hydroxylation is 1. The molecule has 1 fully saturated rings. The fourth-order valence-electron chi connectivity index (χ4n) is 3.21. The fourth-order valence-corrected chi connectivity index (χ4v) is 3.21. The lowest BCUT2D eigenvalue weighted by molar-refractivity contribution is -0.120. The van der Waals surface area contributed by atoms with Gasteiger partial charge in [-0.15, -0.1) is 0 Å². The smallest absolute Gasteiger partial charge is 0.318 e. The van der Waals surface area contributed by atoms with E-state index in [0.29, 0.717) is 18.8 Å². The molecule has 0 spiro atoms. The van der Waals surface area contributed by atoms with E-state index in [1.165, 1.54) is 11.1 Å². The van der Waals surface area contributed by atoms with E-state index in [-0.39, 0.29) is 24.5 Å². The van der Waals surface area contributed by atoms with Crippen LogP contribution in [-0.2, 0) is 11.3 Å². The van der Waals surface area contributed by atoms with E-state index in [0.717, 1.165) is 12.8 Å². The number of carbonyl (C=O) groups is 2. The van der Waals surface area contributed by atoms with E-state index in [1.54, 1.807) is 18.4 Å². The zero-order valence-corrected chi connectivity index (χ0v) is 14.3. The van der Waals surface area contributed by atoms with Crippen molar-refractivity contribution >= 4 is 11.9 Å². The third kappa shape index (κ3) is 4.21. The minimum Gasteiger partial charge on any atom is -0.467 e. The van der Waals surface area contributed by atoms with Gasteiger partial charge in [0.05, 0.1) is 25.4 Å². The number of hydrogen-bond donors (Lipinski definition) is 2. The first kappa shape index (κ1) is 17.1. The Hall–Kier alpha value is -2.76. The Bertz CT molecular complexity index is 727. The average molecular weight is 341 g/mol. The van der Waals surface area contributed by atoms with Crippen molar-refractivity contribution < 1.29 is 14.0 Å². The summed E-state index contributed by atoms with van der Waals surface area (Å²) >= 11 is 0. The maximum absolute atomic E-state index is 12.5. The number of nitrogens with zero attached hydrogens (tertiary/aromatic N) is 1. The summed E-state index contributed by atoms with van der Waals surface area (Å²) in [6.07, 6.45) is 3.47. The van der Waals surface area contributed by atoms with Crippen LogP contribution < -0.4 is 10.6 Å². The van der Waals surface area contributed by atoms with Crippen LogP contribution in [0.5, 0.6) is 0 Å². The van der Waals surface area contributed by atoms with Crippen molar-refractivity contribution in [2.24, 2.45) is 0 Å². The number of amides is 3. The van der Waals surface area contributed by atoms with Crippen LogP contribution in [0.15, 0.2) is 47.1 Å². The predicted molar refractivity (Wildman–Crippen MR) is 93.8 cm³/mol. The Balaban J connectivity index is 1.52. The Morgan fingerprint density at radius 1 is 1.20 bits per heavy atom. The molecule has 3 rings (SSSR count). The Kier molecular flexibility index (Phi) is 5.38. The van der Waals surface area contributed by atoms with Crippen LogP contribution in [0, 0.1) is 6.92 Å². The zero-order valence-electron chi connectivity index (χ0n) is 14.3. The van der Waals surface area contributed by atoms with Gasteiger partial charge in [-0.05, 0) is 43.0 Å². The second kappa shape index (κ2) is 7.88. The maximum Gasteiger partial charge on any atom is 0.318 e. The molecule has 0 radical (unpaired) electrons. The number of hydrogen-bond acceptors (Lipinski definition) is 3. The highest BCUT2D eigenvalue weighted by Crippen LogP contribution is 2.33. The fraction of sp³-hybridized carbons (Fsp3) is 0.368. The molecule has 1 aromatic carbocycles. The van der Waals surface area contributed by atoms with Gasteiger partial charge >= 0.3 is 6.03 Å². The van der Waals surface area contributed by atoms with Gasteiger partial charge in [0.1, 0.15) is 5.76 Å². The molecule has 0 aliphatic carbocycles. The number of rotatable bonds is 5. The average Bonchev–Trinajstić information content (AvgIpc) is 3.29. The van der Waals surface area contributed by atoms with E-state index < -0.39 is 0 Å². The number of likely N-dealkylation sites (tertiary alicyclic amines) is 1. The third-order valence-electron chi connectivity index (χ3n) is 4.50. The molecule has 3 amide bonds. The summed E-state index contributed by atoms with van der Waals surface area (Å²) in [5.74, 6) is 0.440. The van der Waals surface area contributed by atoms with Gasteiger partial charge in [-0.2, -0.15) is 0 Å². The number of urea groups is 1. The van der Waals surface area contributed by atoms with E-state index in [9.17, 15) is 9.59 Å². The summed E-state index contributed by atoms with van der Waals surface area (Å²) in [5.41, 5.74) is 2.36. The van der Waals surface area contributed by atoms with Gasteiger partial charge in [0.25, 0.3) is 0 Å². The molecule has 25 heavy (non-hydrogen) atoms. The standard InChI is InChI=1S/C19H23N3O3/c1-14-6-2-3-8-16(14)17-9-4-10-22(17)19(24)21-13-18(23)20-12-15-7-5-11-25-15/h2-3,5-8,11,17H,4,9-10,12-13H2,1H3,(H,20,23)(H,21,24)/t17-/m1/s1. The van der Waals surface area contributed by atoms with Crippen LogP contribution in [-0.4, -0.2) is 29.9 Å². The van der Waals surface area contributed by atoms with E-state index >= 15 is 0 Å². The molecule has 6 nitrogen and oxygen atoms in total. The molecular formula is C19H23N3O3. The van der Waals surface area contributed by atoms with Crippen LogP contribution in [0.1, 0.15) is 35.8 Å². The van der Waals surface area contributed by atoms with E-state index in [1.807, 2.05) is 17.0 Å². The van der Waals surface area contributed by atoms with Crippen molar-refractivity contribution in [2.45, 2.75) is 32.4 Å². The summed E-state index contributed by atoms with van der Waals surface area (Å²) in [6, 6.07) is 11.6. The molecule has 1 atom stereocenters. The van der Waals surface area contributed by atoms with Gasteiger partial charge < -0.3 is 20.0 Å². The largest absolute Gasteiger partial charge is 0.467 e. The minimum absolute atomic E-state index is 0.0451. The first-order valence-electron chi connectivity index (χ1n) is 8.54. The lowest BCUT2D eigenvalue weighted by Crippen LogP contribution is -2.44. The topological polar surface area (TPSA) is 74.6 Å². The van der Waals surface area contributed by atoms with E-state index in [2.05, 4.69) is 29.7 Å². The minimum atomic E-state index is -0.239. The Labute approximate surface area is 147 Å². The molecule has 2 N–H and O–H groups in total. The Morgan fingerprint density at radius 2 is 2.04 bits per heavy atom. The monoisotopic (exact) mass is 341 g/mol. The van der Waals surface area contributed by atoms with Crippen LogP contribution in [0.2, 0.25) is 0 Å². The van der Waals surface area contributed by atoms with Crippen molar-refractivity contribution in [3.05, 3.63) is 59.5 Å². The third-order valence-corrected chi connectivity index (χ3v) is 4.50. The van der Waals surface area contributed by atoms with E-state index in [4.69, 9.17) is 4.42 Å².